The fraction of sp³-hybridized carbons (Fsp3) is 0.0714. The van der Waals surface area contributed by atoms with Gasteiger partial charge in [0, 0.05) is 6.20 Å². The van der Waals surface area contributed by atoms with Gasteiger partial charge in [-0.05, 0) is 35.7 Å². The number of nitrogens with zero attached hydrogens (tertiary/aromatic N) is 1. The fourth-order valence-corrected chi connectivity index (χ4v) is 1.99. The monoisotopic (exact) mass is 306 g/mol. The minimum Gasteiger partial charge on any atom is -0.478 e. The summed E-state index contributed by atoms with van der Waals surface area (Å²) >= 11 is 5.73. The second-order valence-electron chi connectivity index (χ2n) is 4.38. The lowest BCUT2D eigenvalue weighted by molar-refractivity contribution is 0.0695. The molecular formula is C14H11ClN2O4. The first-order valence-corrected chi connectivity index (χ1v) is 6.25. The van der Waals surface area contributed by atoms with Gasteiger partial charge in [0.15, 0.2) is 5.15 Å². The van der Waals surface area contributed by atoms with E-state index in [2.05, 4.69) is 4.98 Å². The van der Waals surface area contributed by atoms with Crippen LogP contribution in [0.2, 0.25) is 5.15 Å². The van der Waals surface area contributed by atoms with Gasteiger partial charge < -0.3 is 15.9 Å². The van der Waals surface area contributed by atoms with Crippen molar-refractivity contribution in [3.63, 3.8) is 0 Å². The lowest BCUT2D eigenvalue weighted by Gasteiger charge is -2.08. The lowest BCUT2D eigenvalue weighted by Crippen LogP contribution is -2.07. The van der Waals surface area contributed by atoms with Crippen molar-refractivity contribution >= 4 is 29.2 Å². The third kappa shape index (κ3) is 3.29. The molecule has 0 fully saturated rings. The Morgan fingerprint density at radius 3 is 2.48 bits per heavy atom. The zero-order valence-corrected chi connectivity index (χ0v) is 11.5. The van der Waals surface area contributed by atoms with Gasteiger partial charge in [0.25, 0.3) is 0 Å². The minimum atomic E-state index is -1.19. The first-order chi connectivity index (χ1) is 9.88. The molecule has 6 nitrogen and oxygen atoms in total. The third-order valence-corrected chi connectivity index (χ3v) is 3.22. The molecule has 108 valence electrons. The topological polar surface area (TPSA) is 114 Å². The molecule has 2 aromatic rings. The molecule has 1 aromatic heterocycles. The van der Waals surface area contributed by atoms with Crippen LogP contribution < -0.4 is 5.73 Å². The first-order valence-electron chi connectivity index (χ1n) is 5.88. The number of hydrogen-bond donors (Lipinski definition) is 3. The zero-order chi connectivity index (χ0) is 15.6. The van der Waals surface area contributed by atoms with Gasteiger partial charge in [-0.3, -0.25) is 0 Å². The number of anilines is 1. The molecule has 0 saturated heterocycles. The molecule has 0 saturated carbocycles. The number of rotatable bonds is 4. The molecule has 0 amide bonds. The van der Waals surface area contributed by atoms with Crippen LogP contribution >= 0.6 is 11.6 Å². The summed E-state index contributed by atoms with van der Waals surface area (Å²) in [5, 5.41) is 18.3. The van der Waals surface area contributed by atoms with E-state index in [-0.39, 0.29) is 22.7 Å². The molecule has 0 aliphatic carbocycles. The molecule has 4 N–H and O–H groups in total. The van der Waals surface area contributed by atoms with Crippen molar-refractivity contribution in [3.05, 3.63) is 57.9 Å². The Labute approximate surface area is 124 Å². The predicted octanol–water partition coefficient (Wildman–Crippen LogP) is 2.30. The number of carbonyl (C=O) groups is 2. The molecule has 0 unspecified atom stereocenters. The lowest BCUT2D eigenvalue weighted by atomic mass is 9.98. The standard InChI is InChI=1S/C14H11ClN2O4/c15-12-11(16)4-7(6-17-12)3-8-1-2-9(13(18)19)5-10(8)14(20)21/h1-2,4-6H,3,16H2,(H,18,19)(H,20,21). The van der Waals surface area contributed by atoms with Gasteiger partial charge in [0.1, 0.15) is 0 Å². The summed E-state index contributed by atoms with van der Waals surface area (Å²) in [7, 11) is 0. The van der Waals surface area contributed by atoms with E-state index in [1.54, 1.807) is 6.07 Å². The van der Waals surface area contributed by atoms with Crippen LogP contribution in [0.25, 0.3) is 0 Å². The third-order valence-electron chi connectivity index (χ3n) is 2.90. The zero-order valence-electron chi connectivity index (χ0n) is 10.7. The van der Waals surface area contributed by atoms with Crippen LogP contribution in [0.3, 0.4) is 0 Å². The van der Waals surface area contributed by atoms with Crippen molar-refractivity contribution in [2.24, 2.45) is 0 Å². The fourth-order valence-electron chi connectivity index (χ4n) is 1.89. The largest absolute Gasteiger partial charge is 0.478 e. The van der Waals surface area contributed by atoms with Gasteiger partial charge in [-0.25, -0.2) is 14.6 Å². The van der Waals surface area contributed by atoms with E-state index in [1.807, 2.05) is 0 Å². The molecule has 0 aliphatic heterocycles. The van der Waals surface area contributed by atoms with Crippen LogP contribution in [0.4, 0.5) is 5.69 Å². The van der Waals surface area contributed by atoms with Crippen LogP contribution in [0, 0.1) is 0 Å². The van der Waals surface area contributed by atoms with Crippen molar-refractivity contribution in [3.8, 4) is 0 Å². The molecule has 0 aliphatic rings. The highest BCUT2D eigenvalue weighted by atomic mass is 35.5. The normalized spacial score (nSPS) is 10.3. The highest BCUT2D eigenvalue weighted by Crippen LogP contribution is 2.21. The van der Waals surface area contributed by atoms with Crippen LogP contribution in [-0.2, 0) is 6.42 Å². The number of hydrogen-bond acceptors (Lipinski definition) is 4. The van der Waals surface area contributed by atoms with Crippen LogP contribution in [0.1, 0.15) is 31.8 Å². The number of nitrogens with two attached hydrogens (primary N) is 1. The van der Waals surface area contributed by atoms with Crippen molar-refractivity contribution in [2.75, 3.05) is 5.73 Å². The maximum absolute atomic E-state index is 11.3. The Balaban J connectivity index is 2.41. The van der Waals surface area contributed by atoms with E-state index in [4.69, 9.17) is 22.4 Å². The molecule has 2 rings (SSSR count). The maximum atomic E-state index is 11.3. The molecule has 0 radical (unpaired) electrons. The molecule has 0 bridgehead atoms. The summed E-state index contributed by atoms with van der Waals surface area (Å²) in [4.78, 5) is 26.0. The van der Waals surface area contributed by atoms with Crippen LogP contribution in [0.5, 0.6) is 0 Å². The summed E-state index contributed by atoms with van der Waals surface area (Å²) < 4.78 is 0. The van der Waals surface area contributed by atoms with E-state index in [0.717, 1.165) is 6.07 Å². The van der Waals surface area contributed by atoms with Crippen LogP contribution in [-0.4, -0.2) is 27.1 Å². The number of pyridine rings is 1. The van der Waals surface area contributed by atoms with Crippen molar-refractivity contribution in [1.29, 1.82) is 0 Å². The van der Waals surface area contributed by atoms with Crippen molar-refractivity contribution < 1.29 is 19.8 Å². The Bertz CT molecular complexity index is 731. The number of aromatic nitrogens is 1. The summed E-state index contributed by atoms with van der Waals surface area (Å²) in [5.74, 6) is -2.37. The predicted molar refractivity (Wildman–Crippen MR) is 76.8 cm³/mol. The average molecular weight is 307 g/mol. The summed E-state index contributed by atoms with van der Waals surface area (Å²) in [6, 6.07) is 5.56. The Kier molecular flexibility index (Phi) is 4.09. The molecular weight excluding hydrogens is 296 g/mol. The Hall–Kier alpha value is -2.60. The molecule has 1 aromatic carbocycles. The van der Waals surface area contributed by atoms with Gasteiger partial charge in [-0.2, -0.15) is 0 Å². The first kappa shape index (κ1) is 14.8. The van der Waals surface area contributed by atoms with E-state index in [0.29, 0.717) is 16.8 Å². The van der Waals surface area contributed by atoms with Gasteiger partial charge >= 0.3 is 11.9 Å². The number of benzene rings is 1. The number of carboxylic acids is 2. The summed E-state index contributed by atoms with van der Waals surface area (Å²) in [6.45, 7) is 0. The minimum absolute atomic E-state index is 0.0663. The van der Waals surface area contributed by atoms with E-state index >= 15 is 0 Å². The quantitative estimate of drug-likeness (QED) is 0.747. The van der Waals surface area contributed by atoms with Crippen LogP contribution in [0.15, 0.2) is 30.5 Å². The summed E-state index contributed by atoms with van der Waals surface area (Å²) in [6.07, 6.45) is 1.76. The molecule has 7 heteroatoms. The van der Waals surface area contributed by atoms with Gasteiger partial charge in [0.2, 0.25) is 0 Å². The van der Waals surface area contributed by atoms with Crippen molar-refractivity contribution in [2.45, 2.75) is 6.42 Å². The van der Waals surface area contributed by atoms with E-state index in [1.165, 1.54) is 18.3 Å². The number of aromatic carboxylic acids is 2. The Morgan fingerprint density at radius 2 is 1.90 bits per heavy atom. The second-order valence-corrected chi connectivity index (χ2v) is 4.74. The van der Waals surface area contributed by atoms with Crippen molar-refractivity contribution in [1.82, 2.24) is 4.98 Å². The average Bonchev–Trinajstić information content (AvgIpc) is 2.43. The highest BCUT2D eigenvalue weighted by Gasteiger charge is 2.14. The van der Waals surface area contributed by atoms with Gasteiger partial charge in [-0.1, -0.05) is 17.7 Å². The second kappa shape index (κ2) is 5.80. The molecule has 0 spiro atoms. The maximum Gasteiger partial charge on any atom is 0.336 e. The van der Waals surface area contributed by atoms with E-state index < -0.39 is 11.9 Å². The molecule has 21 heavy (non-hydrogen) atoms. The van der Waals surface area contributed by atoms with E-state index in [9.17, 15) is 14.7 Å². The van der Waals surface area contributed by atoms with Gasteiger partial charge in [-0.15, -0.1) is 0 Å². The number of halogens is 1. The molecule has 0 atom stereocenters. The molecule has 1 heterocycles. The SMILES string of the molecule is Nc1cc(Cc2ccc(C(=O)O)cc2C(=O)O)cnc1Cl. The number of nitrogen functional groups attached to an aromatic ring is 1. The smallest absolute Gasteiger partial charge is 0.336 e. The highest BCUT2D eigenvalue weighted by molar-refractivity contribution is 6.31. The number of carboxylic acid groups (broad SMARTS) is 2. The Morgan fingerprint density at radius 1 is 1.19 bits per heavy atom. The van der Waals surface area contributed by atoms with Gasteiger partial charge in [0.05, 0.1) is 16.8 Å². The summed E-state index contributed by atoms with van der Waals surface area (Å²) in [5.41, 5.74) is 6.95.